The lowest BCUT2D eigenvalue weighted by Crippen LogP contribution is -2.52. The first-order valence-corrected chi connectivity index (χ1v) is 9.83. The van der Waals surface area contributed by atoms with Crippen LogP contribution in [0.25, 0.3) is 10.9 Å². The molecule has 9 heteroatoms. The number of hydrogen-bond donors (Lipinski definition) is 1. The van der Waals surface area contributed by atoms with E-state index in [0.29, 0.717) is 38.0 Å². The summed E-state index contributed by atoms with van der Waals surface area (Å²) in [6.45, 7) is 9.12. The van der Waals surface area contributed by atoms with Crippen LogP contribution in [0.2, 0.25) is 15.1 Å². The number of hydrogen-bond acceptors (Lipinski definition) is 6. The Morgan fingerprint density at radius 3 is 2.55 bits per heavy atom. The van der Waals surface area contributed by atoms with Gasteiger partial charge in [-0.25, -0.2) is 15.0 Å². The van der Waals surface area contributed by atoms with E-state index >= 15 is 0 Å². The van der Waals surface area contributed by atoms with Gasteiger partial charge in [-0.15, -0.1) is 0 Å². The normalized spacial score (nSPS) is 13.8. The summed E-state index contributed by atoms with van der Waals surface area (Å²) in [5.41, 5.74) is 2.05. The number of likely N-dealkylation sites (tertiary alicyclic amines) is 1. The molecule has 1 aliphatic heterocycles. The van der Waals surface area contributed by atoms with Crippen LogP contribution in [0.4, 0.5) is 11.5 Å². The molecule has 1 N–H and O–H groups in total. The van der Waals surface area contributed by atoms with Gasteiger partial charge in [-0.1, -0.05) is 48.0 Å². The number of benzene rings is 1. The molecular weight excluding hydrogens is 433 g/mol. The first kappa shape index (κ1) is 19.8. The quantitative estimate of drug-likeness (QED) is 0.503. The van der Waals surface area contributed by atoms with E-state index in [4.69, 9.17) is 39.5 Å². The molecule has 29 heavy (non-hydrogen) atoms. The zero-order valence-electron chi connectivity index (χ0n) is 15.2. The predicted octanol–water partition coefficient (Wildman–Crippen LogP) is 5.49. The lowest BCUT2D eigenvalue weighted by atomic mass is 10.1. The Balaban J connectivity index is 1.59. The van der Waals surface area contributed by atoms with Crippen LogP contribution >= 0.6 is 34.8 Å². The van der Waals surface area contributed by atoms with Gasteiger partial charge in [0.05, 0.1) is 40.5 Å². The van der Waals surface area contributed by atoms with Gasteiger partial charge in [0.1, 0.15) is 18.2 Å². The molecule has 3 heterocycles. The summed E-state index contributed by atoms with van der Waals surface area (Å²) in [5, 5.41) is 5.11. The third-order valence-electron chi connectivity index (χ3n) is 4.52. The van der Waals surface area contributed by atoms with Crippen molar-refractivity contribution in [2.75, 3.05) is 18.4 Å². The molecule has 0 unspecified atom stereocenters. The summed E-state index contributed by atoms with van der Waals surface area (Å²) in [5.74, 6) is 1.01. The molecule has 0 saturated carbocycles. The Morgan fingerprint density at radius 2 is 1.86 bits per heavy atom. The van der Waals surface area contributed by atoms with E-state index in [0.717, 1.165) is 24.2 Å². The fourth-order valence-electron chi connectivity index (χ4n) is 2.93. The van der Waals surface area contributed by atoms with E-state index in [2.05, 4.69) is 38.3 Å². The molecule has 148 valence electrons. The number of ether oxygens (including phenoxy) is 1. The standard InChI is InChI=1S/C20H16Cl3N5O/c1-3-11(2)28-8-13(9-28)29-18-6-14-17(7-24-18)25-10-26-20(14)27-19-15(22)4-12(21)5-16(19)23/h3-7,10,13H,1-2,8-9H2,(H,25,26,27). The van der Waals surface area contributed by atoms with Gasteiger partial charge >= 0.3 is 0 Å². The second-order valence-corrected chi connectivity index (χ2v) is 7.72. The van der Waals surface area contributed by atoms with Crippen LogP contribution in [-0.4, -0.2) is 39.0 Å². The Kier molecular flexibility index (Phi) is 5.50. The minimum atomic E-state index is 0.0258. The van der Waals surface area contributed by atoms with Gasteiger partial charge in [-0.3, -0.25) is 0 Å². The minimum Gasteiger partial charge on any atom is -0.471 e. The Labute approximate surface area is 182 Å². The molecule has 1 saturated heterocycles. The smallest absolute Gasteiger partial charge is 0.214 e. The van der Waals surface area contributed by atoms with Crippen molar-refractivity contribution in [1.29, 1.82) is 0 Å². The Bertz CT molecular complexity index is 1090. The highest BCUT2D eigenvalue weighted by Crippen LogP contribution is 2.36. The van der Waals surface area contributed by atoms with E-state index in [1.807, 2.05) is 0 Å². The molecule has 1 aliphatic rings. The maximum atomic E-state index is 6.28. The molecule has 6 nitrogen and oxygen atoms in total. The zero-order chi connectivity index (χ0) is 20.5. The van der Waals surface area contributed by atoms with Gasteiger partial charge in [0.15, 0.2) is 0 Å². The van der Waals surface area contributed by atoms with Crippen LogP contribution in [0.15, 0.2) is 55.7 Å². The molecule has 0 bridgehead atoms. The number of allylic oxidation sites excluding steroid dienone is 1. The monoisotopic (exact) mass is 447 g/mol. The summed E-state index contributed by atoms with van der Waals surface area (Å²) in [6, 6.07) is 5.01. The summed E-state index contributed by atoms with van der Waals surface area (Å²) in [7, 11) is 0. The van der Waals surface area contributed by atoms with Crippen LogP contribution in [0.3, 0.4) is 0 Å². The summed E-state index contributed by atoms with van der Waals surface area (Å²) >= 11 is 18.6. The number of pyridine rings is 1. The molecule has 4 rings (SSSR count). The molecule has 1 aromatic carbocycles. The van der Waals surface area contributed by atoms with Gasteiger partial charge < -0.3 is 15.0 Å². The first-order valence-electron chi connectivity index (χ1n) is 8.70. The molecule has 0 aliphatic carbocycles. The van der Waals surface area contributed by atoms with Gasteiger partial charge in [0.25, 0.3) is 0 Å². The maximum absolute atomic E-state index is 6.28. The van der Waals surface area contributed by atoms with Crippen molar-refractivity contribution in [3.8, 4) is 5.88 Å². The van der Waals surface area contributed by atoms with Crippen LogP contribution in [-0.2, 0) is 0 Å². The topological polar surface area (TPSA) is 63.2 Å². The largest absolute Gasteiger partial charge is 0.471 e. The van der Waals surface area contributed by atoms with Gasteiger partial charge in [-0.05, 0) is 18.2 Å². The molecule has 1 fully saturated rings. The van der Waals surface area contributed by atoms with E-state index in [9.17, 15) is 0 Å². The maximum Gasteiger partial charge on any atom is 0.214 e. The summed E-state index contributed by atoms with van der Waals surface area (Å²) in [6.07, 6.45) is 4.84. The van der Waals surface area contributed by atoms with Crippen molar-refractivity contribution in [2.24, 2.45) is 0 Å². The lowest BCUT2D eigenvalue weighted by molar-refractivity contribution is 0.0439. The van der Waals surface area contributed by atoms with Crippen molar-refractivity contribution in [3.05, 3.63) is 70.7 Å². The molecular formula is C20H16Cl3N5O. The molecule has 0 atom stereocenters. The predicted molar refractivity (Wildman–Crippen MR) is 117 cm³/mol. The van der Waals surface area contributed by atoms with E-state index in [1.165, 1.54) is 6.33 Å². The number of rotatable bonds is 6. The molecule has 0 amide bonds. The average Bonchev–Trinajstić information content (AvgIpc) is 2.66. The van der Waals surface area contributed by atoms with Gasteiger partial charge in [-0.2, -0.15) is 0 Å². The fourth-order valence-corrected chi connectivity index (χ4v) is 3.84. The summed E-state index contributed by atoms with van der Waals surface area (Å²) in [4.78, 5) is 15.0. The van der Waals surface area contributed by atoms with Gasteiger partial charge in [0, 0.05) is 22.2 Å². The van der Waals surface area contributed by atoms with Crippen molar-refractivity contribution >= 4 is 57.2 Å². The van der Waals surface area contributed by atoms with E-state index < -0.39 is 0 Å². The molecule has 0 spiro atoms. The minimum absolute atomic E-state index is 0.0258. The van der Waals surface area contributed by atoms with E-state index in [1.54, 1.807) is 30.5 Å². The van der Waals surface area contributed by atoms with Crippen molar-refractivity contribution in [3.63, 3.8) is 0 Å². The van der Waals surface area contributed by atoms with Gasteiger partial charge in [0.2, 0.25) is 5.88 Å². The highest BCUT2D eigenvalue weighted by molar-refractivity contribution is 6.42. The molecule has 0 radical (unpaired) electrons. The number of nitrogens with zero attached hydrogens (tertiary/aromatic N) is 4. The highest BCUT2D eigenvalue weighted by atomic mass is 35.5. The average molecular weight is 449 g/mol. The van der Waals surface area contributed by atoms with Crippen LogP contribution in [0.1, 0.15) is 0 Å². The fraction of sp³-hybridized carbons (Fsp3) is 0.150. The van der Waals surface area contributed by atoms with E-state index in [-0.39, 0.29) is 6.10 Å². The highest BCUT2D eigenvalue weighted by Gasteiger charge is 2.28. The third kappa shape index (κ3) is 4.10. The van der Waals surface area contributed by atoms with Crippen molar-refractivity contribution in [2.45, 2.75) is 6.10 Å². The Hall–Kier alpha value is -2.54. The second kappa shape index (κ2) is 8.06. The number of nitrogens with one attached hydrogen (secondary N) is 1. The number of anilines is 2. The Morgan fingerprint density at radius 1 is 1.14 bits per heavy atom. The van der Waals surface area contributed by atoms with Crippen LogP contribution in [0.5, 0.6) is 5.88 Å². The molecule has 3 aromatic rings. The zero-order valence-corrected chi connectivity index (χ0v) is 17.5. The molecule has 2 aromatic heterocycles. The van der Waals surface area contributed by atoms with Crippen molar-refractivity contribution < 1.29 is 4.74 Å². The first-order chi connectivity index (χ1) is 13.9. The number of fused-ring (bicyclic) bond motifs is 1. The third-order valence-corrected chi connectivity index (χ3v) is 5.34. The summed E-state index contributed by atoms with van der Waals surface area (Å²) < 4.78 is 5.97. The SMILES string of the molecule is C=CC(=C)N1CC(Oc2cc3c(Nc4c(Cl)cc(Cl)cc4Cl)ncnc3cn2)C1. The van der Waals surface area contributed by atoms with Crippen molar-refractivity contribution in [1.82, 2.24) is 19.9 Å². The lowest BCUT2D eigenvalue weighted by Gasteiger charge is -2.40. The second-order valence-electron chi connectivity index (χ2n) is 6.47. The number of halogens is 3. The van der Waals surface area contributed by atoms with Crippen LogP contribution < -0.4 is 10.1 Å². The van der Waals surface area contributed by atoms with Crippen LogP contribution in [0, 0.1) is 0 Å². The number of aromatic nitrogens is 3.